The minimum atomic E-state index is -2.86. The quantitative estimate of drug-likeness (QED) is 0.688. The van der Waals surface area contributed by atoms with Gasteiger partial charge in [0.05, 0.1) is 4.92 Å². The van der Waals surface area contributed by atoms with Crippen molar-refractivity contribution in [3.8, 4) is 0 Å². The molecule has 20 heavy (non-hydrogen) atoms. The normalized spacial score (nSPS) is 10.6. The summed E-state index contributed by atoms with van der Waals surface area (Å²) in [6.45, 7) is -2.86. The van der Waals surface area contributed by atoms with Crippen LogP contribution in [-0.2, 0) is 0 Å². The van der Waals surface area contributed by atoms with E-state index in [1.54, 1.807) is 0 Å². The zero-order chi connectivity index (χ0) is 14.7. The Morgan fingerprint density at radius 3 is 2.65 bits per heavy atom. The first-order chi connectivity index (χ1) is 9.49. The molecule has 1 aromatic carbocycles. The van der Waals surface area contributed by atoms with Gasteiger partial charge in [-0.05, 0) is 12.1 Å². The van der Waals surface area contributed by atoms with Crippen molar-refractivity contribution in [2.75, 3.05) is 5.32 Å². The molecule has 2 rings (SSSR count). The Morgan fingerprint density at radius 2 is 2.05 bits per heavy atom. The summed E-state index contributed by atoms with van der Waals surface area (Å²) in [7, 11) is 0. The average Bonchev–Trinajstić information content (AvgIpc) is 2.89. The molecule has 0 aliphatic rings. The highest BCUT2D eigenvalue weighted by atomic mass is 19.3. The van der Waals surface area contributed by atoms with E-state index >= 15 is 0 Å². The first-order valence-corrected chi connectivity index (χ1v) is 5.37. The molecule has 0 aliphatic carbocycles. The molecule has 0 bridgehead atoms. The number of amides is 1. The van der Waals surface area contributed by atoms with Crippen molar-refractivity contribution in [3.05, 3.63) is 52.3 Å². The highest BCUT2D eigenvalue weighted by Gasteiger charge is 2.18. The molecule has 1 aromatic heterocycles. The molecule has 0 atom stereocenters. The zero-order valence-corrected chi connectivity index (χ0v) is 9.86. The summed E-state index contributed by atoms with van der Waals surface area (Å²) >= 11 is 0. The molecule has 0 saturated carbocycles. The molecule has 0 spiro atoms. The second-order valence-corrected chi connectivity index (χ2v) is 3.69. The van der Waals surface area contributed by atoms with Crippen molar-refractivity contribution >= 4 is 17.3 Å². The van der Waals surface area contributed by atoms with Crippen LogP contribution in [0.1, 0.15) is 17.0 Å². The van der Waals surface area contributed by atoms with Crippen LogP contribution in [0.2, 0.25) is 0 Å². The van der Waals surface area contributed by atoms with Crippen LogP contribution in [0.25, 0.3) is 0 Å². The molecule has 9 heteroatoms. The van der Waals surface area contributed by atoms with E-state index in [1.807, 2.05) is 0 Å². The number of hydrogen-bond donors (Lipinski definition) is 1. The summed E-state index contributed by atoms with van der Waals surface area (Å²) in [5, 5.41) is 16.4. The molecule has 1 N–H and O–H groups in total. The van der Waals surface area contributed by atoms with Gasteiger partial charge in [0.1, 0.15) is 5.69 Å². The van der Waals surface area contributed by atoms with Gasteiger partial charge in [-0.25, -0.2) is 4.68 Å². The van der Waals surface area contributed by atoms with E-state index in [-0.39, 0.29) is 17.1 Å². The van der Waals surface area contributed by atoms with Crippen LogP contribution < -0.4 is 5.32 Å². The third-order valence-electron chi connectivity index (χ3n) is 2.39. The minimum Gasteiger partial charge on any atom is -0.315 e. The number of alkyl halides is 2. The van der Waals surface area contributed by atoms with Crippen molar-refractivity contribution in [3.63, 3.8) is 0 Å². The molecule has 2 aromatic rings. The molecular weight excluding hydrogens is 274 g/mol. The topological polar surface area (TPSA) is 90.1 Å². The van der Waals surface area contributed by atoms with Crippen LogP contribution in [-0.4, -0.2) is 20.6 Å². The van der Waals surface area contributed by atoms with Gasteiger partial charge in [0.15, 0.2) is 5.69 Å². The summed E-state index contributed by atoms with van der Waals surface area (Å²) in [6, 6.07) is 6.59. The first-order valence-electron chi connectivity index (χ1n) is 5.37. The number of para-hydroxylation sites is 2. The minimum absolute atomic E-state index is 0.0332. The Hall–Kier alpha value is -2.84. The molecular formula is C11H8F2N4O3. The monoisotopic (exact) mass is 282 g/mol. The van der Waals surface area contributed by atoms with E-state index in [1.165, 1.54) is 24.3 Å². The lowest BCUT2D eigenvalue weighted by atomic mass is 10.2. The smallest absolute Gasteiger partial charge is 0.315 e. The van der Waals surface area contributed by atoms with Gasteiger partial charge in [-0.15, -0.1) is 0 Å². The number of carbonyl (C=O) groups excluding carboxylic acids is 1. The molecule has 1 amide bonds. The van der Waals surface area contributed by atoms with E-state index in [0.717, 1.165) is 12.3 Å². The molecule has 1 heterocycles. The van der Waals surface area contributed by atoms with Gasteiger partial charge in [0.2, 0.25) is 0 Å². The third-order valence-corrected chi connectivity index (χ3v) is 2.39. The van der Waals surface area contributed by atoms with Gasteiger partial charge in [-0.2, -0.15) is 13.9 Å². The number of nitro benzene ring substituents is 1. The fourth-order valence-electron chi connectivity index (χ4n) is 1.49. The highest BCUT2D eigenvalue weighted by molar-refractivity contribution is 6.04. The van der Waals surface area contributed by atoms with Gasteiger partial charge in [0, 0.05) is 12.3 Å². The van der Waals surface area contributed by atoms with E-state index < -0.39 is 17.4 Å². The van der Waals surface area contributed by atoms with E-state index in [2.05, 4.69) is 10.4 Å². The number of benzene rings is 1. The summed E-state index contributed by atoms with van der Waals surface area (Å²) in [4.78, 5) is 21.9. The SMILES string of the molecule is O=C(Nc1ccccc1[N+](=O)[O-])c1ccn(C(F)F)n1. The molecule has 7 nitrogen and oxygen atoms in total. The Balaban J connectivity index is 2.21. The summed E-state index contributed by atoms with van der Waals surface area (Å²) in [5.41, 5.74) is -0.591. The molecule has 0 radical (unpaired) electrons. The van der Waals surface area contributed by atoms with Crippen LogP contribution in [0, 0.1) is 10.1 Å². The number of hydrogen-bond acceptors (Lipinski definition) is 4. The number of nitro groups is 1. The van der Waals surface area contributed by atoms with E-state index in [9.17, 15) is 23.7 Å². The lowest BCUT2D eigenvalue weighted by Gasteiger charge is -2.03. The van der Waals surface area contributed by atoms with Gasteiger partial charge >= 0.3 is 6.55 Å². The number of nitrogens with zero attached hydrogens (tertiary/aromatic N) is 3. The summed E-state index contributed by atoms with van der Waals surface area (Å²) in [5.74, 6) is -0.807. The van der Waals surface area contributed by atoms with Crippen molar-refractivity contribution in [1.29, 1.82) is 0 Å². The number of nitrogens with one attached hydrogen (secondary N) is 1. The summed E-state index contributed by atoms with van der Waals surface area (Å²) in [6.07, 6.45) is 0.943. The lowest BCUT2D eigenvalue weighted by molar-refractivity contribution is -0.383. The van der Waals surface area contributed by atoms with Crippen LogP contribution >= 0.6 is 0 Å². The Morgan fingerprint density at radius 1 is 1.35 bits per heavy atom. The van der Waals surface area contributed by atoms with Gasteiger partial charge < -0.3 is 5.32 Å². The average molecular weight is 282 g/mol. The highest BCUT2D eigenvalue weighted by Crippen LogP contribution is 2.23. The molecule has 104 valence electrons. The van der Waals surface area contributed by atoms with Crippen LogP contribution in [0.15, 0.2) is 36.5 Å². The zero-order valence-electron chi connectivity index (χ0n) is 9.86. The number of aromatic nitrogens is 2. The Bertz CT molecular complexity index is 657. The number of halogens is 2. The second-order valence-electron chi connectivity index (χ2n) is 3.69. The molecule has 0 aliphatic heterocycles. The van der Waals surface area contributed by atoms with E-state index in [4.69, 9.17) is 0 Å². The van der Waals surface area contributed by atoms with Crippen molar-refractivity contribution < 1.29 is 18.5 Å². The van der Waals surface area contributed by atoms with Gasteiger partial charge in [-0.1, -0.05) is 12.1 Å². The Kier molecular flexibility index (Phi) is 3.69. The fourth-order valence-corrected chi connectivity index (χ4v) is 1.49. The standard InChI is InChI=1S/C11H8F2N4O3/c12-11(13)16-6-5-8(15-16)10(18)14-7-3-1-2-4-9(7)17(19)20/h1-6,11H,(H,14,18). The molecule has 0 saturated heterocycles. The van der Waals surface area contributed by atoms with Crippen LogP contribution in [0.5, 0.6) is 0 Å². The molecule has 0 unspecified atom stereocenters. The number of anilines is 1. The maximum atomic E-state index is 12.3. The van der Waals surface area contributed by atoms with Crippen LogP contribution in [0.4, 0.5) is 20.2 Å². The van der Waals surface area contributed by atoms with Crippen molar-refractivity contribution in [2.24, 2.45) is 0 Å². The lowest BCUT2D eigenvalue weighted by Crippen LogP contribution is -2.14. The Labute approximate surface area is 111 Å². The van der Waals surface area contributed by atoms with E-state index in [0.29, 0.717) is 4.68 Å². The maximum Gasteiger partial charge on any atom is 0.333 e. The first kappa shape index (κ1) is 13.6. The largest absolute Gasteiger partial charge is 0.333 e. The number of rotatable bonds is 4. The van der Waals surface area contributed by atoms with Crippen molar-refractivity contribution in [2.45, 2.75) is 6.55 Å². The van der Waals surface area contributed by atoms with Crippen molar-refractivity contribution in [1.82, 2.24) is 9.78 Å². The number of carbonyl (C=O) groups is 1. The second kappa shape index (κ2) is 5.43. The maximum absolute atomic E-state index is 12.3. The van der Waals surface area contributed by atoms with Gasteiger partial charge in [-0.3, -0.25) is 14.9 Å². The predicted octanol–water partition coefficient (Wildman–Crippen LogP) is 2.44. The van der Waals surface area contributed by atoms with Gasteiger partial charge in [0.25, 0.3) is 11.6 Å². The molecule has 0 fully saturated rings. The van der Waals surface area contributed by atoms with Crippen LogP contribution in [0.3, 0.4) is 0 Å². The fraction of sp³-hybridized carbons (Fsp3) is 0.0909. The summed E-state index contributed by atoms with van der Waals surface area (Å²) < 4.78 is 25.0. The predicted molar refractivity (Wildman–Crippen MR) is 64.5 cm³/mol. The third kappa shape index (κ3) is 2.76.